The minimum atomic E-state index is -1.68. The van der Waals surface area contributed by atoms with Crippen molar-refractivity contribution in [1.82, 2.24) is 0 Å². The van der Waals surface area contributed by atoms with Crippen molar-refractivity contribution in [3.05, 3.63) is 0 Å². The van der Waals surface area contributed by atoms with Crippen molar-refractivity contribution >= 4 is 0 Å². The lowest BCUT2D eigenvalue weighted by molar-refractivity contribution is -0.381. The largest absolute Gasteiger partial charge is 0.427 e. The van der Waals surface area contributed by atoms with Crippen LogP contribution in [0, 0.1) is 11.8 Å². The monoisotopic (exact) mass is 611 g/mol. The molecule has 0 aromatic rings. The van der Waals surface area contributed by atoms with E-state index in [1.54, 1.807) is 0 Å². The molecule has 3 heterocycles. The number of hydrogen-bond acceptors (Lipinski definition) is 14. The Balaban J connectivity index is 1.40. The molecule has 0 bridgehead atoms. The lowest BCUT2D eigenvalue weighted by Crippen LogP contribution is -2.65. The Morgan fingerprint density at radius 3 is 2.21 bits per heavy atom. The van der Waals surface area contributed by atoms with E-state index < -0.39 is 98.5 Å². The maximum Gasteiger partial charge on any atom is 0.187 e. The van der Waals surface area contributed by atoms with Gasteiger partial charge in [0.15, 0.2) is 24.8 Å². The third kappa shape index (κ3) is 6.66. The number of hydrogen-bond donors (Lipinski definition) is 9. The molecule has 18 atom stereocenters. The van der Waals surface area contributed by atoms with Crippen molar-refractivity contribution in [1.29, 1.82) is 0 Å². The molecule has 3 saturated heterocycles. The van der Waals surface area contributed by atoms with Crippen LogP contribution in [0.4, 0.5) is 0 Å². The molecule has 5 fully saturated rings. The van der Waals surface area contributed by atoms with Crippen LogP contribution in [0.15, 0.2) is 0 Å². The van der Waals surface area contributed by atoms with Crippen molar-refractivity contribution in [3.63, 3.8) is 0 Å². The van der Waals surface area contributed by atoms with Gasteiger partial charge in [-0.25, -0.2) is 0 Å². The van der Waals surface area contributed by atoms with E-state index in [-0.39, 0.29) is 31.0 Å². The van der Waals surface area contributed by atoms with E-state index in [1.807, 2.05) is 0 Å². The van der Waals surface area contributed by atoms with Crippen molar-refractivity contribution in [3.8, 4) is 0 Å². The number of methoxy groups -OCH3 is 1. The van der Waals surface area contributed by atoms with E-state index in [0.717, 1.165) is 0 Å². The fraction of sp³-hybridized carbons (Fsp3) is 1.00. The first-order valence-electron chi connectivity index (χ1n) is 14.9. The molecule has 5 aliphatic rings. The van der Waals surface area contributed by atoms with Gasteiger partial charge in [-0.1, -0.05) is 0 Å². The van der Waals surface area contributed by atoms with Crippen LogP contribution in [0.5, 0.6) is 0 Å². The second kappa shape index (κ2) is 13.8. The van der Waals surface area contributed by atoms with Gasteiger partial charge in [0, 0.05) is 25.9 Å². The molecule has 15 heteroatoms. The van der Waals surface area contributed by atoms with Crippen molar-refractivity contribution in [2.75, 3.05) is 20.3 Å². The minimum Gasteiger partial charge on any atom is -0.427 e. The number of aliphatic hydroxyl groups is 11. The third-order valence-electron chi connectivity index (χ3n) is 9.73. The van der Waals surface area contributed by atoms with E-state index in [0.29, 0.717) is 32.1 Å². The average Bonchev–Trinajstić information content (AvgIpc) is 2.97. The highest BCUT2D eigenvalue weighted by atomic mass is 16.8. The summed E-state index contributed by atoms with van der Waals surface area (Å²) in [4.78, 5) is 0. The van der Waals surface area contributed by atoms with E-state index >= 15 is 0 Å². The van der Waals surface area contributed by atoms with E-state index in [1.165, 1.54) is 7.11 Å². The number of fused-ring (bicyclic) bond motifs is 1. The highest BCUT2D eigenvalue weighted by Gasteiger charge is 2.56. The Hall–Kier alpha value is -0.600. The van der Waals surface area contributed by atoms with E-state index in [4.69, 9.17) is 28.4 Å². The molecule has 5 rings (SSSR count). The van der Waals surface area contributed by atoms with Gasteiger partial charge in [0.25, 0.3) is 0 Å². The summed E-state index contributed by atoms with van der Waals surface area (Å²) in [6.45, 7) is -1.00. The Kier molecular flexibility index (Phi) is 10.8. The summed E-state index contributed by atoms with van der Waals surface area (Å²) < 4.78 is 34.0. The summed E-state index contributed by atoms with van der Waals surface area (Å²) in [7, 11) is 1.53. The zero-order valence-corrected chi connectivity index (χ0v) is 23.6. The highest BCUT2D eigenvalue weighted by molar-refractivity contribution is 4.99. The van der Waals surface area contributed by atoms with Gasteiger partial charge in [0.1, 0.15) is 48.8 Å². The fourth-order valence-corrected chi connectivity index (χ4v) is 7.28. The Morgan fingerprint density at radius 1 is 0.738 bits per heavy atom. The minimum absolute atomic E-state index is 0.0900. The van der Waals surface area contributed by atoms with Gasteiger partial charge in [0.2, 0.25) is 0 Å². The molecule has 2 saturated carbocycles. The molecule has 42 heavy (non-hydrogen) atoms. The maximum absolute atomic E-state index is 11.0. The molecular formula is C27H47O15+. The molecule has 2 aliphatic carbocycles. The Labute approximate surface area is 243 Å². The van der Waals surface area contributed by atoms with E-state index in [9.17, 15) is 46.0 Å². The lowest BCUT2D eigenvalue weighted by atomic mass is 9.72. The predicted molar refractivity (Wildman–Crippen MR) is 139 cm³/mol. The molecule has 0 aromatic heterocycles. The first-order chi connectivity index (χ1) is 20.0. The first-order valence-corrected chi connectivity index (χ1v) is 14.9. The summed E-state index contributed by atoms with van der Waals surface area (Å²) in [5.74, 6) is -0.415. The number of rotatable bonds is 7. The quantitative estimate of drug-likeness (QED) is 0.124. The topological polar surface area (TPSA) is 241 Å². The smallest absolute Gasteiger partial charge is 0.187 e. The zero-order chi connectivity index (χ0) is 30.3. The van der Waals surface area contributed by atoms with Crippen LogP contribution in [0.25, 0.3) is 0 Å². The number of ether oxygens (including phenoxy) is 6. The second-order valence-corrected chi connectivity index (χ2v) is 12.4. The fourth-order valence-electron chi connectivity index (χ4n) is 7.28. The van der Waals surface area contributed by atoms with Crippen molar-refractivity contribution in [2.45, 2.75) is 137 Å². The van der Waals surface area contributed by atoms with Gasteiger partial charge in [-0.15, -0.1) is 0 Å². The van der Waals surface area contributed by atoms with E-state index in [2.05, 4.69) is 0 Å². The molecule has 0 amide bonds. The first kappa shape index (κ1) is 32.8. The van der Waals surface area contributed by atoms with Crippen LogP contribution >= 0.6 is 0 Å². The van der Waals surface area contributed by atoms with Crippen LogP contribution in [0.3, 0.4) is 0 Å². The molecule has 10 N–H and O–H groups in total. The van der Waals surface area contributed by atoms with Gasteiger partial charge in [-0.3, -0.25) is 0 Å². The Morgan fingerprint density at radius 2 is 1.50 bits per heavy atom. The zero-order valence-electron chi connectivity index (χ0n) is 23.6. The molecule has 9 unspecified atom stereocenters. The van der Waals surface area contributed by atoms with Crippen LogP contribution in [0.2, 0.25) is 0 Å². The van der Waals surface area contributed by atoms with Gasteiger partial charge in [-0.05, 0) is 25.7 Å². The maximum atomic E-state index is 11.0. The average molecular weight is 612 g/mol. The van der Waals surface area contributed by atoms with Crippen molar-refractivity contribution in [2.24, 2.45) is 11.8 Å². The van der Waals surface area contributed by atoms with Crippen LogP contribution in [-0.4, -0.2) is 169 Å². The Bertz CT molecular complexity index is 867. The van der Waals surface area contributed by atoms with Crippen molar-refractivity contribution < 1.29 is 74.4 Å². The lowest BCUT2D eigenvalue weighted by Gasteiger charge is -2.49. The summed E-state index contributed by atoms with van der Waals surface area (Å²) >= 11 is 0. The molecule has 15 nitrogen and oxygen atoms in total. The summed E-state index contributed by atoms with van der Waals surface area (Å²) in [5, 5.41) is 93.4. The molecule has 0 spiro atoms. The molecule has 0 radical (unpaired) electrons. The normalized spacial score (nSPS) is 53.9. The number of aliphatic hydroxyl groups excluding tert-OH is 9. The van der Waals surface area contributed by atoms with Crippen LogP contribution in [-0.2, 0) is 23.7 Å². The predicted octanol–water partition coefficient (Wildman–Crippen LogP) is -4.39. The summed E-state index contributed by atoms with van der Waals surface area (Å²) in [5.41, 5.74) is 0. The van der Waals surface area contributed by atoms with Gasteiger partial charge < -0.3 is 74.4 Å². The third-order valence-corrected chi connectivity index (χ3v) is 9.73. The van der Waals surface area contributed by atoms with Crippen LogP contribution < -0.4 is 0 Å². The molecular weight excluding hydrogens is 564 g/mol. The SMILES string of the molecule is COC1CC(C2[OH+]C3CC(O)CC(O)C3CC2O[C@@H]2O[C@H](CO)[C@H](O)[C@H](O)[C@H]2O[C@@H]2OC[C@@H](O)[C@H](O)[C@H]2O)CCC1O. The summed E-state index contributed by atoms with van der Waals surface area (Å²) in [6.07, 6.45) is -15.0. The van der Waals surface area contributed by atoms with Gasteiger partial charge >= 0.3 is 0 Å². The molecule has 244 valence electrons. The van der Waals surface area contributed by atoms with Crippen LogP contribution in [0.1, 0.15) is 38.5 Å². The van der Waals surface area contributed by atoms with Gasteiger partial charge in [-0.2, -0.15) is 0 Å². The molecule has 3 aliphatic heterocycles. The molecule has 0 aromatic carbocycles. The second-order valence-electron chi connectivity index (χ2n) is 12.4. The highest BCUT2D eigenvalue weighted by Crippen LogP contribution is 2.42. The summed E-state index contributed by atoms with van der Waals surface area (Å²) in [6, 6.07) is 0. The standard InChI is InChI=1S/C27H46O15/c1-37-17-4-10(2-3-13(17)30)24-18(7-12-14(31)5-11(29)6-16(12)39-24)40-27-25(22(35)21(34)19(8-28)41-27)42-26-23(36)20(33)15(32)9-38-26/h10-36H,2-9H2,1H3/p+1/t10?,11?,12?,13?,14?,15-,16?,17?,18?,19-,20+,21+,22+,23-,24?,25-,26+,27-/m1/s1. The van der Waals surface area contributed by atoms with Gasteiger partial charge in [0.05, 0.1) is 43.5 Å².